The van der Waals surface area contributed by atoms with Gasteiger partial charge in [0.25, 0.3) is 5.91 Å². The Balaban J connectivity index is 1.52. The number of nitrogens with one attached hydrogen (secondary N) is 1. The number of anilines is 1. The zero-order valence-electron chi connectivity index (χ0n) is 18.1. The van der Waals surface area contributed by atoms with Gasteiger partial charge in [0.15, 0.2) is 6.10 Å². The molecule has 1 aliphatic rings. The fourth-order valence-corrected chi connectivity index (χ4v) is 3.47. The normalized spacial score (nSPS) is 15.8. The zero-order valence-corrected chi connectivity index (χ0v) is 18.1. The number of carbonyl (C=O) groups excluding carboxylic acids is 1. The molecule has 1 N–H and O–H groups in total. The second-order valence-corrected chi connectivity index (χ2v) is 7.94. The minimum Gasteiger partial charge on any atom is -0.481 e. The van der Waals surface area contributed by atoms with Crippen molar-refractivity contribution in [3.63, 3.8) is 0 Å². The third-order valence-corrected chi connectivity index (χ3v) is 5.69. The number of aryl methyl sites for hydroxylation is 2. The maximum Gasteiger partial charge on any atom is 0.261 e. The van der Waals surface area contributed by atoms with Crippen molar-refractivity contribution in [3.8, 4) is 5.75 Å². The molecule has 1 saturated heterocycles. The van der Waals surface area contributed by atoms with Gasteiger partial charge in [-0.1, -0.05) is 25.1 Å². The number of hydrogen-bond donors (Lipinski definition) is 1. The van der Waals surface area contributed by atoms with Gasteiger partial charge in [-0.25, -0.2) is 0 Å². The van der Waals surface area contributed by atoms with Crippen molar-refractivity contribution in [2.24, 2.45) is 0 Å². The van der Waals surface area contributed by atoms with Crippen LogP contribution in [0.25, 0.3) is 0 Å². The molecule has 3 rings (SSSR count). The smallest absolute Gasteiger partial charge is 0.261 e. The van der Waals surface area contributed by atoms with E-state index in [4.69, 9.17) is 4.74 Å². The molecule has 0 bridgehead atoms. The lowest BCUT2D eigenvalue weighted by Crippen LogP contribution is -2.44. The van der Waals surface area contributed by atoms with Gasteiger partial charge < -0.3 is 19.9 Å². The van der Waals surface area contributed by atoms with Gasteiger partial charge in [0, 0.05) is 38.4 Å². The molecule has 29 heavy (non-hydrogen) atoms. The van der Waals surface area contributed by atoms with E-state index in [-0.39, 0.29) is 5.91 Å². The Kier molecular flexibility index (Phi) is 7.15. The molecule has 5 nitrogen and oxygen atoms in total. The van der Waals surface area contributed by atoms with Crippen LogP contribution < -0.4 is 15.0 Å². The van der Waals surface area contributed by atoms with Crippen LogP contribution in [0, 0.1) is 13.8 Å². The van der Waals surface area contributed by atoms with Crippen molar-refractivity contribution in [1.29, 1.82) is 0 Å². The lowest BCUT2D eigenvalue weighted by atomic mass is 10.1. The first kappa shape index (κ1) is 21.2. The van der Waals surface area contributed by atoms with Crippen LogP contribution in [0.3, 0.4) is 0 Å². The maximum absolute atomic E-state index is 12.6. The van der Waals surface area contributed by atoms with Crippen molar-refractivity contribution >= 4 is 11.6 Å². The van der Waals surface area contributed by atoms with E-state index in [1.165, 1.54) is 16.8 Å². The highest BCUT2D eigenvalue weighted by Crippen LogP contribution is 2.19. The van der Waals surface area contributed by atoms with Crippen molar-refractivity contribution in [1.82, 2.24) is 10.2 Å². The monoisotopic (exact) mass is 395 g/mol. The molecule has 1 atom stereocenters. The molecule has 5 heteroatoms. The second-order valence-electron chi connectivity index (χ2n) is 7.94. The number of benzene rings is 2. The highest BCUT2D eigenvalue weighted by molar-refractivity contribution is 5.81. The number of hydrogen-bond acceptors (Lipinski definition) is 4. The molecule has 0 spiro atoms. The Bertz CT molecular complexity index is 811. The Hall–Kier alpha value is -2.53. The summed E-state index contributed by atoms with van der Waals surface area (Å²) in [7, 11) is 2.16. The molecular formula is C24H33N3O2. The first-order valence-electron chi connectivity index (χ1n) is 10.5. The van der Waals surface area contributed by atoms with Gasteiger partial charge in [0.2, 0.25) is 0 Å². The molecule has 1 aliphatic heterocycles. The zero-order chi connectivity index (χ0) is 20.8. The van der Waals surface area contributed by atoms with E-state index in [1.807, 2.05) is 25.1 Å². The maximum atomic E-state index is 12.6. The van der Waals surface area contributed by atoms with Gasteiger partial charge in [-0.05, 0) is 68.3 Å². The standard InChI is InChI=1S/C24H33N3O2/c1-5-23(29-22-11-6-18(2)19(3)16-22)24(28)25-17-20-7-9-21(10-8-20)27-14-12-26(4)13-15-27/h6-11,16,23H,5,12-15,17H2,1-4H3,(H,25,28). The van der Waals surface area contributed by atoms with Crippen LogP contribution in [0.15, 0.2) is 42.5 Å². The lowest BCUT2D eigenvalue weighted by molar-refractivity contribution is -0.128. The molecule has 1 heterocycles. The predicted molar refractivity (Wildman–Crippen MR) is 119 cm³/mol. The summed E-state index contributed by atoms with van der Waals surface area (Å²) in [6.07, 6.45) is 0.142. The summed E-state index contributed by atoms with van der Waals surface area (Å²) in [5.41, 5.74) is 4.73. The summed E-state index contributed by atoms with van der Waals surface area (Å²) >= 11 is 0. The quantitative estimate of drug-likeness (QED) is 0.779. The van der Waals surface area contributed by atoms with Crippen LogP contribution in [-0.2, 0) is 11.3 Å². The number of likely N-dealkylation sites (N-methyl/N-ethyl adjacent to an activating group) is 1. The summed E-state index contributed by atoms with van der Waals surface area (Å²) in [4.78, 5) is 17.4. The topological polar surface area (TPSA) is 44.8 Å². The average Bonchev–Trinajstić information content (AvgIpc) is 2.73. The van der Waals surface area contributed by atoms with E-state index in [1.54, 1.807) is 0 Å². The van der Waals surface area contributed by atoms with Gasteiger partial charge in [-0.3, -0.25) is 4.79 Å². The molecule has 0 aromatic heterocycles. The van der Waals surface area contributed by atoms with Gasteiger partial charge in [0.05, 0.1) is 0 Å². The fourth-order valence-electron chi connectivity index (χ4n) is 3.47. The van der Waals surface area contributed by atoms with E-state index in [9.17, 15) is 4.79 Å². The van der Waals surface area contributed by atoms with E-state index in [2.05, 4.69) is 60.3 Å². The summed E-state index contributed by atoms with van der Waals surface area (Å²) in [6, 6.07) is 14.4. The van der Waals surface area contributed by atoms with Crippen molar-refractivity contribution in [2.45, 2.75) is 39.8 Å². The first-order valence-corrected chi connectivity index (χ1v) is 10.5. The molecule has 1 fully saturated rings. The SMILES string of the molecule is CCC(Oc1ccc(C)c(C)c1)C(=O)NCc1ccc(N2CCN(C)CC2)cc1. The number of nitrogens with zero attached hydrogens (tertiary/aromatic N) is 2. The fraction of sp³-hybridized carbons (Fsp3) is 0.458. The highest BCUT2D eigenvalue weighted by atomic mass is 16.5. The minimum atomic E-state index is -0.485. The third-order valence-electron chi connectivity index (χ3n) is 5.69. The van der Waals surface area contributed by atoms with Crippen molar-refractivity contribution in [2.75, 3.05) is 38.1 Å². The molecule has 1 amide bonds. The number of rotatable bonds is 7. The minimum absolute atomic E-state index is 0.0751. The third kappa shape index (κ3) is 5.73. The molecule has 0 saturated carbocycles. The van der Waals surface area contributed by atoms with Crippen LogP contribution in [0.1, 0.15) is 30.0 Å². The Morgan fingerprint density at radius 2 is 1.72 bits per heavy atom. The summed E-state index contributed by atoms with van der Waals surface area (Å²) < 4.78 is 5.93. The van der Waals surface area contributed by atoms with E-state index < -0.39 is 6.10 Å². The van der Waals surface area contributed by atoms with Crippen LogP contribution in [0.5, 0.6) is 5.75 Å². The van der Waals surface area contributed by atoms with Crippen LogP contribution in [0.2, 0.25) is 0 Å². The number of amides is 1. The van der Waals surface area contributed by atoms with Gasteiger partial charge in [-0.15, -0.1) is 0 Å². The van der Waals surface area contributed by atoms with E-state index in [0.717, 1.165) is 37.5 Å². The summed E-state index contributed by atoms with van der Waals surface area (Å²) in [5, 5.41) is 3.02. The van der Waals surface area contributed by atoms with Crippen molar-refractivity contribution < 1.29 is 9.53 Å². The number of carbonyl (C=O) groups is 1. The van der Waals surface area contributed by atoms with Crippen molar-refractivity contribution in [3.05, 3.63) is 59.2 Å². The number of piperazine rings is 1. The van der Waals surface area contributed by atoms with Crippen LogP contribution in [0.4, 0.5) is 5.69 Å². The molecule has 1 unspecified atom stereocenters. The van der Waals surface area contributed by atoms with Gasteiger partial charge >= 0.3 is 0 Å². The molecule has 0 radical (unpaired) electrons. The molecular weight excluding hydrogens is 362 g/mol. The van der Waals surface area contributed by atoms with Gasteiger partial charge in [0.1, 0.15) is 5.75 Å². The molecule has 2 aromatic rings. The van der Waals surface area contributed by atoms with Gasteiger partial charge in [-0.2, -0.15) is 0 Å². The summed E-state index contributed by atoms with van der Waals surface area (Å²) in [5.74, 6) is 0.667. The Labute approximate surface area is 174 Å². The first-order chi connectivity index (χ1) is 14.0. The Morgan fingerprint density at radius 1 is 1.03 bits per heavy atom. The molecule has 2 aromatic carbocycles. The van der Waals surface area contributed by atoms with E-state index in [0.29, 0.717) is 13.0 Å². The van der Waals surface area contributed by atoms with Crippen LogP contribution in [-0.4, -0.2) is 50.1 Å². The lowest BCUT2D eigenvalue weighted by Gasteiger charge is -2.34. The molecule has 156 valence electrons. The molecule has 0 aliphatic carbocycles. The Morgan fingerprint density at radius 3 is 2.34 bits per heavy atom. The van der Waals surface area contributed by atoms with Crippen LogP contribution >= 0.6 is 0 Å². The number of ether oxygens (including phenoxy) is 1. The van der Waals surface area contributed by atoms with E-state index >= 15 is 0 Å². The highest BCUT2D eigenvalue weighted by Gasteiger charge is 2.18. The summed E-state index contributed by atoms with van der Waals surface area (Å²) in [6.45, 7) is 10.9. The second kappa shape index (κ2) is 9.79. The average molecular weight is 396 g/mol. The predicted octanol–water partition coefficient (Wildman–Crippen LogP) is 3.53. The largest absolute Gasteiger partial charge is 0.481 e.